The van der Waals surface area contributed by atoms with Gasteiger partial charge in [-0.1, -0.05) is 18.2 Å². The Hall–Kier alpha value is -2.03. The molecule has 0 bridgehead atoms. The van der Waals surface area contributed by atoms with Crippen molar-refractivity contribution in [2.24, 2.45) is 0 Å². The number of rotatable bonds is 2. The molecule has 0 fully saturated rings. The highest BCUT2D eigenvalue weighted by molar-refractivity contribution is 6.05. The van der Waals surface area contributed by atoms with Crippen molar-refractivity contribution >= 4 is 11.6 Å². The maximum atomic E-state index is 11.8. The molecule has 3 heteroatoms. The Labute approximate surface area is 87.7 Å². The minimum Gasteiger partial charge on any atom is -0.470 e. The van der Waals surface area contributed by atoms with Crippen LogP contribution in [-0.4, -0.2) is 5.91 Å². The van der Waals surface area contributed by atoms with Crippen molar-refractivity contribution in [2.75, 3.05) is 5.32 Å². The van der Waals surface area contributed by atoms with E-state index in [9.17, 15) is 4.79 Å². The van der Waals surface area contributed by atoms with Crippen LogP contribution in [0.2, 0.25) is 0 Å². The fourth-order valence-electron chi connectivity index (χ4n) is 1.36. The molecular formula is C12H11NO2. The Kier molecular flexibility index (Phi) is 2.54. The van der Waals surface area contributed by atoms with E-state index in [1.165, 1.54) is 12.5 Å². The van der Waals surface area contributed by atoms with Gasteiger partial charge in [0.15, 0.2) is 0 Å². The lowest BCUT2D eigenvalue weighted by Gasteiger charge is -2.04. The Balaban J connectivity index is 2.19. The molecule has 0 aliphatic heterocycles. The molecule has 2 rings (SSSR count). The first kappa shape index (κ1) is 9.52. The van der Waals surface area contributed by atoms with E-state index in [1.54, 1.807) is 12.1 Å². The van der Waals surface area contributed by atoms with E-state index in [1.807, 2.05) is 25.1 Å². The lowest BCUT2D eigenvalue weighted by molar-refractivity contribution is 0.102. The summed E-state index contributed by atoms with van der Waals surface area (Å²) in [7, 11) is 0. The zero-order chi connectivity index (χ0) is 10.7. The Bertz CT molecular complexity index is 460. The van der Waals surface area contributed by atoms with Gasteiger partial charge in [0.1, 0.15) is 6.26 Å². The second-order valence-electron chi connectivity index (χ2n) is 3.28. The van der Waals surface area contributed by atoms with Crippen LogP contribution in [0.3, 0.4) is 0 Å². The van der Waals surface area contributed by atoms with Gasteiger partial charge in [0.2, 0.25) is 0 Å². The highest BCUT2D eigenvalue weighted by Gasteiger charge is 2.08. The number of furan rings is 1. The highest BCUT2D eigenvalue weighted by Crippen LogP contribution is 2.12. The molecule has 0 unspecified atom stereocenters. The van der Waals surface area contributed by atoms with Gasteiger partial charge >= 0.3 is 0 Å². The summed E-state index contributed by atoms with van der Waals surface area (Å²) in [6.07, 6.45) is 3.02. The molecular weight excluding hydrogens is 190 g/mol. The molecule has 76 valence electrons. The van der Waals surface area contributed by atoms with E-state index in [0.717, 1.165) is 5.56 Å². The van der Waals surface area contributed by atoms with Crippen LogP contribution in [0.4, 0.5) is 5.69 Å². The third kappa shape index (κ3) is 2.07. The maximum absolute atomic E-state index is 11.8. The number of carbonyl (C=O) groups is 1. The van der Waals surface area contributed by atoms with Crippen LogP contribution in [0.1, 0.15) is 15.9 Å². The third-order valence-corrected chi connectivity index (χ3v) is 2.17. The number of hydrogen-bond acceptors (Lipinski definition) is 2. The van der Waals surface area contributed by atoms with Crippen molar-refractivity contribution in [1.29, 1.82) is 0 Å². The van der Waals surface area contributed by atoms with Gasteiger partial charge in [-0.2, -0.15) is 0 Å². The van der Waals surface area contributed by atoms with Crippen LogP contribution in [0.25, 0.3) is 0 Å². The van der Waals surface area contributed by atoms with Crippen LogP contribution < -0.4 is 5.32 Å². The summed E-state index contributed by atoms with van der Waals surface area (Å²) in [4.78, 5) is 11.8. The summed E-state index contributed by atoms with van der Waals surface area (Å²) in [5, 5.41) is 2.75. The largest absolute Gasteiger partial charge is 0.470 e. The van der Waals surface area contributed by atoms with Gasteiger partial charge in [-0.25, -0.2) is 0 Å². The monoisotopic (exact) mass is 201 g/mol. The first-order valence-corrected chi connectivity index (χ1v) is 4.66. The van der Waals surface area contributed by atoms with Crippen molar-refractivity contribution in [3.8, 4) is 0 Å². The summed E-state index contributed by atoms with van der Waals surface area (Å²) >= 11 is 0. The Morgan fingerprint density at radius 2 is 2.07 bits per heavy atom. The molecule has 0 aliphatic rings. The quantitative estimate of drug-likeness (QED) is 0.811. The molecule has 0 saturated heterocycles. The average Bonchev–Trinajstić information content (AvgIpc) is 2.71. The standard InChI is InChI=1S/C12H11NO2/c1-9-4-2-3-5-11(9)12(14)13-10-6-7-15-8-10/h2-8H,1H3,(H,13,14). The van der Waals surface area contributed by atoms with Gasteiger partial charge in [-0.3, -0.25) is 4.79 Å². The molecule has 1 N–H and O–H groups in total. The molecule has 1 heterocycles. The number of aryl methyl sites for hydroxylation is 1. The predicted octanol–water partition coefficient (Wildman–Crippen LogP) is 2.84. The maximum Gasteiger partial charge on any atom is 0.256 e. The molecule has 1 amide bonds. The lowest BCUT2D eigenvalue weighted by atomic mass is 10.1. The summed E-state index contributed by atoms with van der Waals surface area (Å²) < 4.78 is 4.87. The normalized spacial score (nSPS) is 9.93. The van der Waals surface area contributed by atoms with Crippen molar-refractivity contribution in [3.63, 3.8) is 0 Å². The summed E-state index contributed by atoms with van der Waals surface area (Å²) in [5.74, 6) is -0.116. The van der Waals surface area contributed by atoms with Crippen LogP contribution in [0.5, 0.6) is 0 Å². The molecule has 3 nitrogen and oxygen atoms in total. The molecule has 0 aliphatic carbocycles. The minimum atomic E-state index is -0.116. The molecule has 0 spiro atoms. The Morgan fingerprint density at radius 1 is 1.27 bits per heavy atom. The van der Waals surface area contributed by atoms with Gasteiger partial charge in [-0.05, 0) is 24.6 Å². The van der Waals surface area contributed by atoms with Gasteiger partial charge in [0, 0.05) is 5.56 Å². The first-order valence-electron chi connectivity index (χ1n) is 4.66. The van der Waals surface area contributed by atoms with Crippen molar-refractivity contribution in [2.45, 2.75) is 6.92 Å². The fraction of sp³-hybridized carbons (Fsp3) is 0.0833. The smallest absolute Gasteiger partial charge is 0.256 e. The van der Waals surface area contributed by atoms with Gasteiger partial charge in [0.05, 0.1) is 12.0 Å². The highest BCUT2D eigenvalue weighted by atomic mass is 16.3. The number of hydrogen-bond donors (Lipinski definition) is 1. The molecule has 1 aromatic carbocycles. The lowest BCUT2D eigenvalue weighted by Crippen LogP contribution is -2.12. The predicted molar refractivity (Wildman–Crippen MR) is 57.8 cm³/mol. The average molecular weight is 201 g/mol. The van der Waals surface area contributed by atoms with Gasteiger partial charge < -0.3 is 9.73 Å². The topological polar surface area (TPSA) is 42.2 Å². The van der Waals surface area contributed by atoms with E-state index in [2.05, 4.69) is 5.32 Å². The van der Waals surface area contributed by atoms with E-state index < -0.39 is 0 Å². The number of nitrogens with one attached hydrogen (secondary N) is 1. The van der Waals surface area contributed by atoms with Crippen molar-refractivity contribution in [3.05, 3.63) is 54.0 Å². The number of benzene rings is 1. The number of amides is 1. The SMILES string of the molecule is Cc1ccccc1C(=O)Nc1ccoc1. The van der Waals surface area contributed by atoms with E-state index in [-0.39, 0.29) is 5.91 Å². The second kappa shape index (κ2) is 4.00. The molecule has 1 aromatic heterocycles. The second-order valence-corrected chi connectivity index (χ2v) is 3.28. The molecule has 2 aromatic rings. The summed E-state index contributed by atoms with van der Waals surface area (Å²) in [5.41, 5.74) is 2.31. The van der Waals surface area contributed by atoms with Crippen LogP contribution >= 0.6 is 0 Å². The van der Waals surface area contributed by atoms with Crippen LogP contribution in [0, 0.1) is 6.92 Å². The minimum absolute atomic E-state index is 0.116. The van der Waals surface area contributed by atoms with E-state index in [4.69, 9.17) is 4.42 Å². The zero-order valence-electron chi connectivity index (χ0n) is 8.36. The summed E-state index contributed by atoms with van der Waals surface area (Å²) in [6.45, 7) is 1.91. The van der Waals surface area contributed by atoms with Crippen molar-refractivity contribution < 1.29 is 9.21 Å². The Morgan fingerprint density at radius 3 is 2.73 bits per heavy atom. The zero-order valence-corrected chi connectivity index (χ0v) is 8.36. The first-order chi connectivity index (χ1) is 7.27. The van der Waals surface area contributed by atoms with E-state index >= 15 is 0 Å². The van der Waals surface area contributed by atoms with Crippen LogP contribution in [0.15, 0.2) is 47.3 Å². The number of carbonyl (C=O) groups excluding carboxylic acids is 1. The van der Waals surface area contributed by atoms with Gasteiger partial charge in [-0.15, -0.1) is 0 Å². The molecule has 15 heavy (non-hydrogen) atoms. The molecule has 0 atom stereocenters. The molecule has 0 radical (unpaired) electrons. The van der Waals surface area contributed by atoms with Gasteiger partial charge in [0.25, 0.3) is 5.91 Å². The number of anilines is 1. The third-order valence-electron chi connectivity index (χ3n) is 2.17. The van der Waals surface area contributed by atoms with E-state index in [0.29, 0.717) is 11.3 Å². The van der Waals surface area contributed by atoms with Crippen molar-refractivity contribution in [1.82, 2.24) is 0 Å². The van der Waals surface area contributed by atoms with Crippen LogP contribution in [-0.2, 0) is 0 Å². The fourth-order valence-corrected chi connectivity index (χ4v) is 1.36. The summed E-state index contributed by atoms with van der Waals surface area (Å²) in [6, 6.07) is 9.16. The molecule has 0 saturated carbocycles.